The highest BCUT2D eigenvalue weighted by Crippen LogP contribution is 2.20. The van der Waals surface area contributed by atoms with Crippen molar-refractivity contribution in [2.45, 2.75) is 19.8 Å². The Balaban J connectivity index is 1.54. The average molecular weight is 451 g/mol. The van der Waals surface area contributed by atoms with Crippen molar-refractivity contribution in [1.82, 2.24) is 9.78 Å². The fourth-order valence-electron chi connectivity index (χ4n) is 2.84. The van der Waals surface area contributed by atoms with Crippen molar-refractivity contribution in [2.24, 2.45) is 0 Å². The molecule has 1 aromatic heterocycles. The highest BCUT2D eigenvalue weighted by Gasteiger charge is 2.21. The maximum atomic E-state index is 12.4. The van der Waals surface area contributed by atoms with Crippen molar-refractivity contribution in [3.05, 3.63) is 72.1 Å². The van der Waals surface area contributed by atoms with Gasteiger partial charge in [-0.05, 0) is 42.8 Å². The third kappa shape index (κ3) is 6.42. The number of carbonyl (C=O) groups is 3. The van der Waals surface area contributed by atoms with Crippen LogP contribution in [0, 0.1) is 0 Å². The topological polar surface area (TPSA) is 109 Å². The zero-order chi connectivity index (χ0) is 23.6. The van der Waals surface area contributed by atoms with Crippen molar-refractivity contribution in [2.75, 3.05) is 25.6 Å². The van der Waals surface area contributed by atoms with Gasteiger partial charge < -0.3 is 19.5 Å². The molecular weight excluding hydrogens is 426 g/mol. The Kier molecular flexibility index (Phi) is 8.18. The van der Waals surface area contributed by atoms with E-state index >= 15 is 0 Å². The molecule has 1 amide bonds. The summed E-state index contributed by atoms with van der Waals surface area (Å²) in [5, 5.41) is 6.81. The number of nitrogens with one attached hydrogen (secondary N) is 1. The highest BCUT2D eigenvalue weighted by atomic mass is 16.5. The van der Waals surface area contributed by atoms with Crippen molar-refractivity contribution in [3.63, 3.8) is 0 Å². The van der Waals surface area contributed by atoms with Crippen LogP contribution in [0.5, 0.6) is 5.75 Å². The Morgan fingerprint density at radius 2 is 1.70 bits per heavy atom. The summed E-state index contributed by atoms with van der Waals surface area (Å²) in [5.41, 5.74) is 1.54. The lowest BCUT2D eigenvalue weighted by atomic mass is 10.2. The molecule has 0 saturated heterocycles. The Hall–Kier alpha value is -4.14. The molecule has 3 aromatic rings. The number of carbonyl (C=O) groups excluding carboxylic acids is 3. The molecule has 0 aliphatic heterocycles. The predicted molar refractivity (Wildman–Crippen MR) is 121 cm³/mol. The lowest BCUT2D eigenvalue weighted by Gasteiger charge is -2.08. The van der Waals surface area contributed by atoms with E-state index in [4.69, 9.17) is 14.2 Å². The van der Waals surface area contributed by atoms with E-state index in [1.165, 1.54) is 11.8 Å². The minimum absolute atomic E-state index is 0.0416. The van der Waals surface area contributed by atoms with Crippen molar-refractivity contribution < 1.29 is 28.6 Å². The van der Waals surface area contributed by atoms with Crippen LogP contribution in [0.2, 0.25) is 0 Å². The second-order valence-electron chi connectivity index (χ2n) is 7.02. The molecule has 0 atom stereocenters. The van der Waals surface area contributed by atoms with Gasteiger partial charge in [0.05, 0.1) is 31.2 Å². The van der Waals surface area contributed by atoms with Gasteiger partial charge in [0, 0.05) is 5.69 Å². The van der Waals surface area contributed by atoms with Crippen LogP contribution in [0.15, 0.2) is 60.8 Å². The molecule has 9 nitrogen and oxygen atoms in total. The van der Waals surface area contributed by atoms with E-state index < -0.39 is 24.5 Å². The number of benzene rings is 2. The van der Waals surface area contributed by atoms with Crippen LogP contribution >= 0.6 is 0 Å². The van der Waals surface area contributed by atoms with Crippen molar-refractivity contribution >= 4 is 23.5 Å². The van der Waals surface area contributed by atoms with E-state index in [9.17, 15) is 14.4 Å². The van der Waals surface area contributed by atoms with Crippen LogP contribution in [0.3, 0.4) is 0 Å². The monoisotopic (exact) mass is 451 g/mol. The standard InChI is InChI=1S/C24H25N3O6/c1-3-4-14-32-23(29)17-10-12-18(13-11-17)25-21(28)16-33-24(30)22-20(31-2)15-27(26-22)19-8-6-5-7-9-19/h5-13,15H,3-4,14,16H2,1-2H3,(H,25,28). The van der Waals surface area contributed by atoms with E-state index in [1.54, 1.807) is 30.5 Å². The van der Waals surface area contributed by atoms with E-state index in [1.807, 2.05) is 37.3 Å². The number of aromatic nitrogens is 2. The number of unbranched alkanes of at least 4 members (excludes halogenated alkanes) is 1. The predicted octanol–water partition coefficient (Wildman–Crippen LogP) is 3.63. The van der Waals surface area contributed by atoms with Gasteiger partial charge in [0.25, 0.3) is 5.91 Å². The number of rotatable bonds is 10. The smallest absolute Gasteiger partial charge is 0.363 e. The zero-order valence-electron chi connectivity index (χ0n) is 18.4. The van der Waals surface area contributed by atoms with Gasteiger partial charge in [-0.3, -0.25) is 4.79 Å². The van der Waals surface area contributed by atoms with Crippen molar-refractivity contribution in [1.29, 1.82) is 0 Å². The molecule has 33 heavy (non-hydrogen) atoms. The third-order valence-electron chi connectivity index (χ3n) is 4.58. The largest absolute Gasteiger partial charge is 0.493 e. The van der Waals surface area contributed by atoms with Crippen LogP contribution in [-0.4, -0.2) is 47.9 Å². The van der Waals surface area contributed by atoms with Gasteiger partial charge in [0.1, 0.15) is 0 Å². The summed E-state index contributed by atoms with van der Waals surface area (Å²) in [6.45, 7) is 1.87. The summed E-state index contributed by atoms with van der Waals surface area (Å²) in [6.07, 6.45) is 3.29. The lowest BCUT2D eigenvalue weighted by Crippen LogP contribution is -2.21. The molecule has 3 rings (SSSR count). The maximum absolute atomic E-state index is 12.4. The Labute approximate surface area is 191 Å². The molecule has 0 unspecified atom stereocenters. The Morgan fingerprint density at radius 1 is 0.970 bits per heavy atom. The minimum Gasteiger partial charge on any atom is -0.493 e. The summed E-state index contributed by atoms with van der Waals surface area (Å²) in [7, 11) is 1.42. The molecule has 0 saturated carbocycles. The minimum atomic E-state index is -0.790. The average Bonchev–Trinajstić information content (AvgIpc) is 3.28. The van der Waals surface area contributed by atoms with E-state index in [-0.39, 0.29) is 11.4 Å². The van der Waals surface area contributed by atoms with Gasteiger partial charge in [0.15, 0.2) is 12.4 Å². The van der Waals surface area contributed by atoms with Crippen LogP contribution < -0.4 is 10.1 Å². The van der Waals surface area contributed by atoms with Gasteiger partial charge >= 0.3 is 11.9 Å². The molecular formula is C24H25N3O6. The van der Waals surface area contributed by atoms with E-state index in [0.717, 1.165) is 18.5 Å². The number of amides is 1. The Morgan fingerprint density at radius 3 is 2.36 bits per heavy atom. The second kappa shape index (κ2) is 11.5. The molecule has 9 heteroatoms. The van der Waals surface area contributed by atoms with Crippen molar-refractivity contribution in [3.8, 4) is 11.4 Å². The second-order valence-corrected chi connectivity index (χ2v) is 7.02. The first kappa shape index (κ1) is 23.5. The number of esters is 2. The third-order valence-corrected chi connectivity index (χ3v) is 4.58. The van der Waals surface area contributed by atoms with Gasteiger partial charge in [0.2, 0.25) is 5.69 Å². The van der Waals surface area contributed by atoms with Crippen LogP contribution in [0.1, 0.15) is 40.6 Å². The van der Waals surface area contributed by atoms with Gasteiger partial charge in [-0.25, -0.2) is 14.3 Å². The molecule has 0 radical (unpaired) electrons. The number of hydrogen-bond donors (Lipinski definition) is 1. The number of para-hydroxylation sites is 1. The first-order valence-electron chi connectivity index (χ1n) is 10.4. The number of ether oxygens (including phenoxy) is 3. The molecule has 1 heterocycles. The highest BCUT2D eigenvalue weighted by molar-refractivity contribution is 5.96. The summed E-state index contributed by atoms with van der Waals surface area (Å²) in [4.78, 5) is 36.6. The first-order chi connectivity index (χ1) is 16.0. The number of anilines is 1. The number of methoxy groups -OCH3 is 1. The van der Waals surface area contributed by atoms with Gasteiger partial charge in [-0.2, -0.15) is 5.10 Å². The fourth-order valence-corrected chi connectivity index (χ4v) is 2.84. The Bertz CT molecular complexity index is 1090. The van der Waals surface area contributed by atoms with Crippen LogP contribution in [0.25, 0.3) is 5.69 Å². The van der Waals surface area contributed by atoms with E-state index in [0.29, 0.717) is 17.9 Å². The SMILES string of the molecule is CCCCOC(=O)c1ccc(NC(=O)COC(=O)c2nn(-c3ccccc3)cc2OC)cc1. The fraction of sp³-hybridized carbons (Fsp3) is 0.250. The molecule has 0 bridgehead atoms. The van der Waals surface area contributed by atoms with Crippen LogP contribution in [-0.2, 0) is 14.3 Å². The molecule has 2 aromatic carbocycles. The normalized spacial score (nSPS) is 10.4. The maximum Gasteiger partial charge on any atom is 0.363 e. The van der Waals surface area contributed by atoms with E-state index in [2.05, 4.69) is 10.4 Å². The molecule has 172 valence electrons. The van der Waals surface area contributed by atoms with Crippen LogP contribution in [0.4, 0.5) is 5.69 Å². The summed E-state index contributed by atoms with van der Waals surface area (Å²) >= 11 is 0. The molecule has 0 aliphatic carbocycles. The molecule has 0 fully saturated rings. The quantitative estimate of drug-likeness (QED) is 0.370. The zero-order valence-corrected chi connectivity index (χ0v) is 18.4. The summed E-state index contributed by atoms with van der Waals surface area (Å²) in [5.74, 6) is -1.52. The van der Waals surface area contributed by atoms with Gasteiger partial charge in [-0.15, -0.1) is 0 Å². The number of nitrogens with zero attached hydrogens (tertiary/aromatic N) is 2. The summed E-state index contributed by atoms with van der Waals surface area (Å²) in [6, 6.07) is 15.4. The molecule has 0 spiro atoms. The number of hydrogen-bond acceptors (Lipinski definition) is 7. The first-order valence-corrected chi connectivity index (χ1v) is 10.4. The molecule has 0 aliphatic rings. The lowest BCUT2D eigenvalue weighted by molar-refractivity contribution is -0.119. The molecule has 1 N–H and O–H groups in total. The summed E-state index contributed by atoms with van der Waals surface area (Å²) < 4.78 is 16.9. The van der Waals surface area contributed by atoms with Gasteiger partial charge in [-0.1, -0.05) is 31.5 Å².